The Morgan fingerprint density at radius 3 is 2.08 bits per heavy atom. The van der Waals surface area contributed by atoms with E-state index in [4.69, 9.17) is 4.42 Å². The van der Waals surface area contributed by atoms with Crippen LogP contribution in [0.3, 0.4) is 0 Å². The molecule has 242 valence electrons. The zero-order valence-electron chi connectivity index (χ0n) is 28.0. The first-order chi connectivity index (χ1) is 25.3. The molecule has 0 radical (unpaired) electrons. The predicted molar refractivity (Wildman–Crippen MR) is 213 cm³/mol. The number of rotatable bonds is 6. The third-order valence-electron chi connectivity index (χ3n) is 10.3. The fourth-order valence-corrected chi connectivity index (χ4v) is 7.95. The second-order valence-corrected chi connectivity index (χ2v) is 13.2. The Bertz CT molecular complexity index is 2740. The molecule has 7 aromatic carbocycles. The van der Waals surface area contributed by atoms with Crippen molar-refractivity contribution in [3.63, 3.8) is 0 Å². The molecule has 1 aliphatic rings. The van der Waals surface area contributed by atoms with Crippen LogP contribution in [0.1, 0.15) is 17.7 Å². The third kappa shape index (κ3) is 4.89. The van der Waals surface area contributed by atoms with Crippen molar-refractivity contribution >= 4 is 55.9 Å². The highest BCUT2D eigenvalue weighted by Gasteiger charge is 2.25. The van der Waals surface area contributed by atoms with E-state index < -0.39 is 0 Å². The molecule has 0 unspecified atom stereocenters. The molecule has 2 heterocycles. The molecular weight excluding hydrogens is 621 g/mol. The molecule has 3 nitrogen and oxygen atoms in total. The Morgan fingerprint density at radius 2 is 1.25 bits per heavy atom. The molecular formula is C48H34N2O. The van der Waals surface area contributed by atoms with Gasteiger partial charge in [0.1, 0.15) is 11.3 Å². The number of anilines is 3. The van der Waals surface area contributed by atoms with E-state index in [0.29, 0.717) is 0 Å². The normalized spacial score (nSPS) is 12.5. The van der Waals surface area contributed by atoms with Crippen molar-refractivity contribution < 1.29 is 4.42 Å². The summed E-state index contributed by atoms with van der Waals surface area (Å²) < 4.78 is 8.88. The van der Waals surface area contributed by atoms with Crippen LogP contribution in [0.4, 0.5) is 17.1 Å². The van der Waals surface area contributed by atoms with E-state index >= 15 is 0 Å². The second kappa shape index (κ2) is 12.1. The molecule has 0 saturated carbocycles. The van der Waals surface area contributed by atoms with Crippen molar-refractivity contribution in [3.05, 3.63) is 187 Å². The second-order valence-electron chi connectivity index (χ2n) is 13.2. The van der Waals surface area contributed by atoms with E-state index in [1.165, 1.54) is 55.0 Å². The summed E-state index contributed by atoms with van der Waals surface area (Å²) >= 11 is 0. The number of benzene rings is 7. The highest BCUT2D eigenvalue weighted by Crippen LogP contribution is 2.47. The Kier molecular flexibility index (Phi) is 6.95. The van der Waals surface area contributed by atoms with Crippen molar-refractivity contribution in [2.75, 3.05) is 4.90 Å². The molecule has 0 N–H and O–H groups in total. The molecule has 2 aromatic heterocycles. The van der Waals surface area contributed by atoms with Crippen molar-refractivity contribution in [3.8, 4) is 27.9 Å². The lowest BCUT2D eigenvalue weighted by Gasteiger charge is -2.29. The first-order valence-corrected chi connectivity index (χ1v) is 17.7. The highest BCUT2D eigenvalue weighted by atomic mass is 16.3. The zero-order chi connectivity index (χ0) is 33.7. The first kappa shape index (κ1) is 29.3. The van der Waals surface area contributed by atoms with Gasteiger partial charge in [-0.1, -0.05) is 121 Å². The van der Waals surface area contributed by atoms with E-state index in [9.17, 15) is 0 Å². The van der Waals surface area contributed by atoms with Crippen LogP contribution in [0.15, 0.2) is 180 Å². The molecule has 0 saturated heterocycles. The van der Waals surface area contributed by atoms with Gasteiger partial charge in [0, 0.05) is 38.7 Å². The van der Waals surface area contributed by atoms with E-state index in [1.807, 2.05) is 0 Å². The van der Waals surface area contributed by atoms with E-state index in [1.54, 1.807) is 0 Å². The molecule has 51 heavy (non-hydrogen) atoms. The number of allylic oxidation sites excluding steroid dienone is 1. The Balaban J connectivity index is 1.26. The Labute approximate surface area is 296 Å². The molecule has 3 heteroatoms. The van der Waals surface area contributed by atoms with Gasteiger partial charge in [0.2, 0.25) is 0 Å². The fraction of sp³-hybridized carbons (Fsp3) is 0.0417. The molecule has 0 spiro atoms. The number of hydrogen-bond acceptors (Lipinski definition) is 2. The molecule has 0 fully saturated rings. The lowest BCUT2D eigenvalue weighted by atomic mass is 9.97. The van der Waals surface area contributed by atoms with Gasteiger partial charge >= 0.3 is 0 Å². The number of aryl methyl sites for hydroxylation is 1. The average Bonchev–Trinajstić information content (AvgIpc) is 3.75. The topological polar surface area (TPSA) is 21.3 Å². The molecule has 9 aromatic rings. The lowest BCUT2D eigenvalue weighted by Crippen LogP contribution is -2.12. The number of furan rings is 1. The van der Waals surface area contributed by atoms with Crippen LogP contribution in [-0.2, 0) is 6.42 Å². The minimum Gasteiger partial charge on any atom is -0.456 e. The number of para-hydroxylation sites is 2. The third-order valence-corrected chi connectivity index (χ3v) is 10.3. The van der Waals surface area contributed by atoms with Crippen molar-refractivity contribution in [2.45, 2.75) is 12.8 Å². The standard InChI is InChI=1S/C48H34N2O/c1-4-15-33(16-5-1)35-27-29-39-41-32-37(28-30-43(41)49(45(39)31-35)36-19-8-3-9-20-36)50(42-23-12-10-21-38(42)34-17-6-2-7-18-34)44-24-14-26-47-48(44)40-22-11-13-25-46(40)51-47/h1-10,12-21,23-32H,11,22H2. The fourth-order valence-electron chi connectivity index (χ4n) is 7.95. The molecule has 1 aliphatic carbocycles. The van der Waals surface area contributed by atoms with Gasteiger partial charge in [-0.25, -0.2) is 0 Å². The number of aromatic nitrogens is 1. The van der Waals surface area contributed by atoms with Gasteiger partial charge in [-0.3, -0.25) is 0 Å². The molecule has 0 amide bonds. The Morgan fingerprint density at radius 1 is 0.529 bits per heavy atom. The summed E-state index contributed by atoms with van der Waals surface area (Å²) in [5, 5.41) is 3.60. The summed E-state index contributed by atoms with van der Waals surface area (Å²) in [6.07, 6.45) is 6.31. The molecule has 10 rings (SSSR count). The maximum absolute atomic E-state index is 6.48. The Hall–Kier alpha value is -6.58. The molecule has 0 atom stereocenters. The number of fused-ring (bicyclic) bond motifs is 6. The van der Waals surface area contributed by atoms with Gasteiger partial charge in [-0.05, 0) is 90.2 Å². The van der Waals surface area contributed by atoms with Crippen molar-refractivity contribution in [1.29, 1.82) is 0 Å². The summed E-state index contributed by atoms with van der Waals surface area (Å²) in [6.45, 7) is 0. The van der Waals surface area contributed by atoms with Gasteiger partial charge < -0.3 is 13.9 Å². The van der Waals surface area contributed by atoms with Crippen molar-refractivity contribution in [2.24, 2.45) is 0 Å². The predicted octanol–water partition coefficient (Wildman–Crippen LogP) is 13.3. The average molecular weight is 655 g/mol. The summed E-state index contributed by atoms with van der Waals surface area (Å²) in [5.74, 6) is 0.968. The monoisotopic (exact) mass is 654 g/mol. The van der Waals surface area contributed by atoms with Crippen molar-refractivity contribution in [1.82, 2.24) is 4.57 Å². The van der Waals surface area contributed by atoms with Gasteiger partial charge in [-0.2, -0.15) is 0 Å². The van der Waals surface area contributed by atoms with Crippen LogP contribution in [0.25, 0.3) is 66.8 Å². The van der Waals surface area contributed by atoms with Gasteiger partial charge in [0.25, 0.3) is 0 Å². The van der Waals surface area contributed by atoms with Gasteiger partial charge in [0.05, 0.1) is 22.4 Å². The highest BCUT2D eigenvalue weighted by molar-refractivity contribution is 6.12. The molecule has 0 bridgehead atoms. The summed E-state index contributed by atoms with van der Waals surface area (Å²) in [4.78, 5) is 2.45. The minimum absolute atomic E-state index is 0.918. The van der Waals surface area contributed by atoms with E-state index in [-0.39, 0.29) is 0 Å². The SMILES string of the molecule is C1=Cc2oc3cccc(N(c4ccc5c(c4)c4ccc(-c6ccccc6)cc4n5-c4ccccc4)c4ccccc4-c4ccccc4)c3c2CC1. The summed E-state index contributed by atoms with van der Waals surface area (Å²) in [7, 11) is 0. The van der Waals surface area contributed by atoms with Gasteiger partial charge in [-0.15, -0.1) is 0 Å². The van der Waals surface area contributed by atoms with Gasteiger partial charge in [0.15, 0.2) is 0 Å². The van der Waals surface area contributed by atoms with E-state index in [2.05, 4.69) is 191 Å². The van der Waals surface area contributed by atoms with Crippen LogP contribution in [0.2, 0.25) is 0 Å². The van der Waals surface area contributed by atoms with Crippen LogP contribution in [0.5, 0.6) is 0 Å². The van der Waals surface area contributed by atoms with Crippen LogP contribution >= 0.6 is 0 Å². The van der Waals surface area contributed by atoms with Crippen LogP contribution < -0.4 is 4.90 Å². The zero-order valence-corrected chi connectivity index (χ0v) is 28.0. The lowest BCUT2D eigenvalue weighted by molar-refractivity contribution is 0.595. The van der Waals surface area contributed by atoms with E-state index in [0.717, 1.165) is 46.9 Å². The largest absolute Gasteiger partial charge is 0.456 e. The molecule has 0 aliphatic heterocycles. The smallest absolute Gasteiger partial charge is 0.137 e. The maximum Gasteiger partial charge on any atom is 0.137 e. The van der Waals surface area contributed by atoms with Crippen LogP contribution in [-0.4, -0.2) is 4.57 Å². The number of nitrogens with zero attached hydrogens (tertiary/aromatic N) is 2. The maximum atomic E-state index is 6.48. The number of hydrogen-bond donors (Lipinski definition) is 0. The summed E-state index contributed by atoms with van der Waals surface area (Å²) in [6, 6.07) is 61.2. The summed E-state index contributed by atoms with van der Waals surface area (Å²) in [5.41, 5.74) is 13.8. The van der Waals surface area contributed by atoms with Crippen LogP contribution in [0, 0.1) is 0 Å². The quantitative estimate of drug-likeness (QED) is 0.178. The first-order valence-electron chi connectivity index (χ1n) is 17.7. The minimum atomic E-state index is 0.918.